The van der Waals surface area contributed by atoms with Crippen molar-refractivity contribution in [1.82, 2.24) is 9.80 Å². The van der Waals surface area contributed by atoms with E-state index in [9.17, 15) is 18.8 Å². The molecule has 4 rings (SSSR count). The number of carbonyl (C=O) groups excluding carboxylic acids is 3. The van der Waals surface area contributed by atoms with Crippen LogP contribution in [-0.4, -0.2) is 53.6 Å². The maximum absolute atomic E-state index is 13.0. The number of benzene rings is 1. The summed E-state index contributed by atoms with van der Waals surface area (Å²) < 4.78 is 13.0. The molecule has 0 unspecified atom stereocenters. The van der Waals surface area contributed by atoms with Crippen LogP contribution in [0.25, 0.3) is 0 Å². The molecular weight excluding hydrogens is 395 g/mol. The monoisotopic (exact) mass is 422 g/mol. The van der Waals surface area contributed by atoms with E-state index in [2.05, 4.69) is 4.90 Å². The number of fused-ring (bicyclic) bond motifs is 1. The maximum atomic E-state index is 13.0. The molecule has 0 N–H and O–H groups in total. The van der Waals surface area contributed by atoms with Crippen molar-refractivity contribution in [3.8, 4) is 0 Å². The highest BCUT2D eigenvalue weighted by atomic mass is 35.5. The zero-order valence-corrected chi connectivity index (χ0v) is 17.3. The van der Waals surface area contributed by atoms with E-state index < -0.39 is 0 Å². The lowest BCUT2D eigenvalue weighted by atomic mass is 9.81. The molecule has 7 heteroatoms. The van der Waals surface area contributed by atoms with Crippen molar-refractivity contribution in [2.24, 2.45) is 17.8 Å². The Labute approximate surface area is 177 Å². The third kappa shape index (κ3) is 4.69. The van der Waals surface area contributed by atoms with Gasteiger partial charge in [-0.25, -0.2) is 4.39 Å². The molecule has 5 nitrogen and oxygen atoms in total. The summed E-state index contributed by atoms with van der Waals surface area (Å²) >= 11 is 0. The van der Waals surface area contributed by atoms with Gasteiger partial charge in [0.15, 0.2) is 5.78 Å². The number of halogens is 2. The summed E-state index contributed by atoms with van der Waals surface area (Å²) in [6, 6.07) is 5.66. The molecule has 0 spiro atoms. The fourth-order valence-corrected chi connectivity index (χ4v) is 4.93. The number of rotatable bonds is 5. The summed E-state index contributed by atoms with van der Waals surface area (Å²) in [7, 11) is 0. The molecular formula is C22H28ClFN2O3. The van der Waals surface area contributed by atoms with Crippen molar-refractivity contribution in [2.75, 3.05) is 26.2 Å². The van der Waals surface area contributed by atoms with Crippen molar-refractivity contribution in [1.29, 1.82) is 0 Å². The highest BCUT2D eigenvalue weighted by Gasteiger charge is 2.48. The van der Waals surface area contributed by atoms with Crippen LogP contribution in [0.5, 0.6) is 0 Å². The predicted molar refractivity (Wildman–Crippen MR) is 109 cm³/mol. The summed E-state index contributed by atoms with van der Waals surface area (Å²) in [5, 5.41) is 0. The number of ketones is 1. The van der Waals surface area contributed by atoms with E-state index >= 15 is 0 Å². The number of nitrogens with zero attached hydrogens (tertiary/aromatic N) is 2. The van der Waals surface area contributed by atoms with Crippen LogP contribution >= 0.6 is 12.4 Å². The second-order valence-corrected chi connectivity index (χ2v) is 8.43. The van der Waals surface area contributed by atoms with Gasteiger partial charge in [0.1, 0.15) is 5.82 Å². The van der Waals surface area contributed by atoms with Crippen LogP contribution in [-0.2, 0) is 9.59 Å². The van der Waals surface area contributed by atoms with E-state index in [1.165, 1.54) is 29.2 Å². The first-order valence-corrected chi connectivity index (χ1v) is 10.4. The highest BCUT2D eigenvalue weighted by molar-refractivity contribution is 6.05. The lowest BCUT2D eigenvalue weighted by Gasteiger charge is -2.33. The third-order valence-corrected chi connectivity index (χ3v) is 6.61. The van der Waals surface area contributed by atoms with Gasteiger partial charge in [0.2, 0.25) is 11.8 Å². The maximum Gasteiger partial charge on any atom is 0.233 e. The molecule has 2 heterocycles. The molecule has 3 fully saturated rings. The Hall–Kier alpha value is -1.79. The zero-order valence-electron chi connectivity index (χ0n) is 16.5. The number of imide groups is 1. The fourth-order valence-electron chi connectivity index (χ4n) is 4.93. The Morgan fingerprint density at radius 1 is 0.931 bits per heavy atom. The highest BCUT2D eigenvalue weighted by Crippen LogP contribution is 2.38. The van der Waals surface area contributed by atoms with E-state index in [1.54, 1.807) is 0 Å². The summed E-state index contributed by atoms with van der Waals surface area (Å²) in [4.78, 5) is 41.3. The van der Waals surface area contributed by atoms with Gasteiger partial charge in [0.05, 0.1) is 18.4 Å². The second kappa shape index (κ2) is 9.35. The topological polar surface area (TPSA) is 57.7 Å². The lowest BCUT2D eigenvalue weighted by Crippen LogP contribution is -2.42. The zero-order chi connectivity index (χ0) is 19.7. The van der Waals surface area contributed by atoms with Crippen LogP contribution in [0.1, 0.15) is 48.9 Å². The van der Waals surface area contributed by atoms with E-state index in [-0.39, 0.29) is 47.7 Å². The van der Waals surface area contributed by atoms with Crippen LogP contribution in [0.15, 0.2) is 24.3 Å². The SMILES string of the molecule is Cl.O=C(CN1CCC(CN2C(=O)[C@H]3CCCC[C@H]3C2=O)CC1)c1ccc(F)cc1. The minimum atomic E-state index is -0.344. The number of likely N-dealkylation sites (tertiary alicyclic amines) is 2. The predicted octanol–water partition coefficient (Wildman–Crippen LogP) is 3.32. The quantitative estimate of drug-likeness (QED) is 0.539. The smallest absolute Gasteiger partial charge is 0.233 e. The van der Waals surface area contributed by atoms with Crippen molar-refractivity contribution in [3.63, 3.8) is 0 Å². The molecule has 0 bridgehead atoms. The van der Waals surface area contributed by atoms with Gasteiger partial charge >= 0.3 is 0 Å². The Kier molecular flexibility index (Phi) is 7.06. The van der Waals surface area contributed by atoms with Gasteiger partial charge in [-0.2, -0.15) is 0 Å². The normalized spacial score (nSPS) is 25.6. The molecule has 1 aromatic rings. The van der Waals surface area contributed by atoms with Crippen molar-refractivity contribution < 1.29 is 18.8 Å². The largest absolute Gasteiger partial charge is 0.296 e. The van der Waals surface area contributed by atoms with Crippen LogP contribution < -0.4 is 0 Å². The summed E-state index contributed by atoms with van der Waals surface area (Å²) in [6.45, 7) is 2.41. The summed E-state index contributed by atoms with van der Waals surface area (Å²) in [5.74, 6) is -0.0996. The molecule has 1 aliphatic carbocycles. The van der Waals surface area contributed by atoms with E-state index in [1.807, 2.05) is 0 Å². The van der Waals surface area contributed by atoms with Crippen molar-refractivity contribution in [2.45, 2.75) is 38.5 Å². The summed E-state index contributed by atoms with van der Waals surface area (Å²) in [5.41, 5.74) is 0.527. The van der Waals surface area contributed by atoms with Crippen molar-refractivity contribution in [3.05, 3.63) is 35.6 Å². The molecule has 2 saturated heterocycles. The molecule has 29 heavy (non-hydrogen) atoms. The first kappa shape index (κ1) is 21.9. The second-order valence-electron chi connectivity index (χ2n) is 8.43. The molecule has 0 aromatic heterocycles. The minimum Gasteiger partial charge on any atom is -0.296 e. The van der Waals surface area contributed by atoms with Gasteiger partial charge in [0.25, 0.3) is 0 Å². The Bertz CT molecular complexity index is 738. The van der Waals surface area contributed by atoms with Crippen LogP contribution in [0.2, 0.25) is 0 Å². The number of hydrogen-bond donors (Lipinski definition) is 0. The first-order valence-electron chi connectivity index (χ1n) is 10.4. The lowest BCUT2D eigenvalue weighted by molar-refractivity contribution is -0.140. The molecule has 2 atom stereocenters. The van der Waals surface area contributed by atoms with Gasteiger partial charge in [-0.1, -0.05) is 12.8 Å². The molecule has 3 aliphatic rings. The number of Topliss-reactive ketones (excluding diaryl/α,β-unsaturated/α-hetero) is 1. The Balaban J connectivity index is 0.00000240. The van der Waals surface area contributed by atoms with E-state index in [4.69, 9.17) is 0 Å². The van der Waals surface area contributed by atoms with E-state index in [0.717, 1.165) is 51.6 Å². The first-order chi connectivity index (χ1) is 13.5. The van der Waals surface area contributed by atoms with Gasteiger partial charge in [-0.05, 0) is 69.0 Å². The third-order valence-electron chi connectivity index (χ3n) is 6.61. The van der Waals surface area contributed by atoms with Crippen LogP contribution in [0.4, 0.5) is 4.39 Å². The Morgan fingerprint density at radius 3 is 2.03 bits per heavy atom. The van der Waals surface area contributed by atoms with Crippen molar-refractivity contribution >= 4 is 30.0 Å². The number of piperidine rings is 1. The number of amides is 2. The molecule has 0 radical (unpaired) electrons. The standard InChI is InChI=1S/C22H27FN2O3.ClH/c23-17-7-5-16(6-8-17)20(26)14-24-11-9-15(10-12-24)13-25-21(27)18-3-1-2-4-19(18)22(25)28;/h5-8,15,18-19H,1-4,9-14H2;1H/t18-,19+;. The van der Waals surface area contributed by atoms with Gasteiger partial charge < -0.3 is 0 Å². The molecule has 158 valence electrons. The fraction of sp³-hybridized carbons (Fsp3) is 0.591. The Morgan fingerprint density at radius 2 is 1.48 bits per heavy atom. The van der Waals surface area contributed by atoms with E-state index in [0.29, 0.717) is 24.6 Å². The summed E-state index contributed by atoms with van der Waals surface area (Å²) in [6.07, 6.45) is 5.57. The molecule has 2 amide bonds. The van der Waals surface area contributed by atoms with Crippen LogP contribution in [0, 0.1) is 23.6 Å². The molecule has 2 aliphatic heterocycles. The van der Waals surface area contributed by atoms with Gasteiger partial charge in [0, 0.05) is 12.1 Å². The average Bonchev–Trinajstić information content (AvgIpc) is 2.95. The minimum absolute atomic E-state index is 0. The van der Waals surface area contributed by atoms with Gasteiger partial charge in [-0.15, -0.1) is 12.4 Å². The number of hydrogen-bond acceptors (Lipinski definition) is 4. The van der Waals surface area contributed by atoms with Crippen LogP contribution in [0.3, 0.4) is 0 Å². The number of carbonyl (C=O) groups is 3. The average molecular weight is 423 g/mol. The van der Waals surface area contributed by atoms with Gasteiger partial charge in [-0.3, -0.25) is 24.2 Å². The molecule has 1 saturated carbocycles. The molecule has 1 aromatic carbocycles.